The zero-order valence-electron chi connectivity index (χ0n) is 9.89. The molecule has 0 radical (unpaired) electrons. The smallest absolute Gasteiger partial charge is 0.274 e. The van der Waals surface area contributed by atoms with Gasteiger partial charge in [-0.1, -0.05) is 0 Å². The maximum atomic E-state index is 13.1. The van der Waals surface area contributed by atoms with Crippen LogP contribution in [0, 0.1) is 21.8 Å². The maximum Gasteiger partial charge on any atom is 0.274 e. The Balaban J connectivity index is 1.94. The Morgan fingerprint density at radius 2 is 2.39 bits per heavy atom. The molecule has 1 atom stereocenters. The quantitative estimate of drug-likeness (QED) is 0.660. The van der Waals surface area contributed by atoms with E-state index < -0.39 is 10.7 Å². The highest BCUT2D eigenvalue weighted by atomic mass is 32.2. The Morgan fingerprint density at radius 1 is 1.56 bits per heavy atom. The van der Waals surface area contributed by atoms with Gasteiger partial charge in [0.05, 0.1) is 4.92 Å². The van der Waals surface area contributed by atoms with Gasteiger partial charge in [-0.15, -0.1) is 0 Å². The van der Waals surface area contributed by atoms with Crippen LogP contribution in [-0.4, -0.2) is 23.0 Å². The van der Waals surface area contributed by atoms with Gasteiger partial charge >= 0.3 is 0 Å². The van der Waals surface area contributed by atoms with Crippen LogP contribution in [-0.2, 0) is 6.54 Å². The lowest BCUT2D eigenvalue weighted by molar-refractivity contribution is -0.385. The Labute approximate surface area is 109 Å². The molecule has 0 saturated carbocycles. The average molecular weight is 270 g/mol. The lowest BCUT2D eigenvalue weighted by atomic mass is 10.1. The second kappa shape index (κ2) is 6.15. The van der Waals surface area contributed by atoms with Crippen molar-refractivity contribution in [2.24, 2.45) is 5.92 Å². The Bertz CT molecular complexity index is 436. The number of halogens is 1. The number of nitrogens with one attached hydrogen (secondary N) is 1. The summed E-state index contributed by atoms with van der Waals surface area (Å²) in [6, 6.07) is 3.57. The first-order chi connectivity index (χ1) is 8.66. The SMILES string of the molecule is O=[N+]([O-])c1ccc(F)cc1CNCC1CCSC1. The minimum absolute atomic E-state index is 0.0234. The largest absolute Gasteiger partial charge is 0.312 e. The predicted octanol–water partition coefficient (Wildman–Crippen LogP) is 2.58. The zero-order valence-corrected chi connectivity index (χ0v) is 10.7. The van der Waals surface area contributed by atoms with Crippen LogP contribution < -0.4 is 5.32 Å². The molecule has 0 aromatic heterocycles. The van der Waals surface area contributed by atoms with Crippen LogP contribution in [0.5, 0.6) is 0 Å². The molecule has 18 heavy (non-hydrogen) atoms. The van der Waals surface area contributed by atoms with E-state index in [1.54, 1.807) is 0 Å². The fraction of sp³-hybridized carbons (Fsp3) is 0.500. The van der Waals surface area contributed by atoms with Gasteiger partial charge in [0.1, 0.15) is 5.82 Å². The molecule has 1 unspecified atom stereocenters. The predicted molar refractivity (Wildman–Crippen MR) is 70.2 cm³/mol. The van der Waals surface area contributed by atoms with Crippen molar-refractivity contribution >= 4 is 17.4 Å². The van der Waals surface area contributed by atoms with Crippen LogP contribution in [0.25, 0.3) is 0 Å². The van der Waals surface area contributed by atoms with Gasteiger partial charge in [-0.2, -0.15) is 11.8 Å². The molecule has 4 nitrogen and oxygen atoms in total. The zero-order chi connectivity index (χ0) is 13.0. The molecular weight excluding hydrogens is 255 g/mol. The standard InChI is InChI=1S/C12H15FN2O2S/c13-11-1-2-12(15(16)17)10(5-11)7-14-6-9-3-4-18-8-9/h1-2,5,9,14H,3-4,6-8H2. The van der Waals surface area contributed by atoms with Crippen LogP contribution >= 0.6 is 11.8 Å². The number of nitro groups is 1. The molecule has 1 aromatic carbocycles. The maximum absolute atomic E-state index is 13.1. The number of nitro benzene ring substituents is 1. The van der Waals surface area contributed by atoms with E-state index in [2.05, 4.69) is 5.32 Å². The van der Waals surface area contributed by atoms with E-state index in [-0.39, 0.29) is 5.69 Å². The normalized spacial score (nSPS) is 19.1. The van der Waals surface area contributed by atoms with E-state index in [1.807, 2.05) is 11.8 Å². The summed E-state index contributed by atoms with van der Waals surface area (Å²) in [6.07, 6.45) is 1.18. The molecule has 1 aromatic rings. The molecule has 1 fully saturated rings. The first-order valence-corrected chi connectivity index (χ1v) is 7.03. The summed E-state index contributed by atoms with van der Waals surface area (Å²) in [5, 5.41) is 14.0. The number of hydrogen-bond donors (Lipinski definition) is 1. The van der Waals surface area contributed by atoms with E-state index in [4.69, 9.17) is 0 Å². The molecule has 0 bridgehead atoms. The Kier molecular flexibility index (Phi) is 4.54. The van der Waals surface area contributed by atoms with Gasteiger partial charge in [-0.25, -0.2) is 4.39 Å². The molecule has 1 aliphatic heterocycles. The van der Waals surface area contributed by atoms with Gasteiger partial charge in [0.25, 0.3) is 5.69 Å². The van der Waals surface area contributed by atoms with Crippen LogP contribution in [0.2, 0.25) is 0 Å². The lowest BCUT2D eigenvalue weighted by Gasteiger charge is -2.10. The first-order valence-electron chi connectivity index (χ1n) is 5.88. The Morgan fingerprint density at radius 3 is 3.06 bits per heavy atom. The molecule has 0 amide bonds. The number of hydrogen-bond acceptors (Lipinski definition) is 4. The van der Waals surface area contributed by atoms with E-state index in [0.717, 1.165) is 18.4 Å². The Hall–Kier alpha value is -1.14. The van der Waals surface area contributed by atoms with Crippen LogP contribution in [0.1, 0.15) is 12.0 Å². The molecule has 2 rings (SSSR count). The molecule has 6 heteroatoms. The third kappa shape index (κ3) is 3.43. The van der Waals surface area contributed by atoms with E-state index in [1.165, 1.54) is 24.3 Å². The van der Waals surface area contributed by atoms with Crippen molar-refractivity contribution in [2.45, 2.75) is 13.0 Å². The van der Waals surface area contributed by atoms with Crippen molar-refractivity contribution < 1.29 is 9.31 Å². The third-order valence-corrected chi connectivity index (χ3v) is 4.24. The third-order valence-electron chi connectivity index (χ3n) is 3.01. The average Bonchev–Trinajstić information content (AvgIpc) is 2.82. The van der Waals surface area contributed by atoms with Crippen molar-refractivity contribution in [2.75, 3.05) is 18.1 Å². The minimum Gasteiger partial charge on any atom is -0.312 e. The van der Waals surface area contributed by atoms with Crippen LogP contribution in [0.4, 0.5) is 10.1 Å². The fourth-order valence-electron chi connectivity index (χ4n) is 2.03. The van der Waals surface area contributed by atoms with Crippen LogP contribution in [0.3, 0.4) is 0 Å². The van der Waals surface area contributed by atoms with E-state index in [0.29, 0.717) is 18.0 Å². The highest BCUT2D eigenvalue weighted by Gasteiger charge is 2.17. The van der Waals surface area contributed by atoms with E-state index in [9.17, 15) is 14.5 Å². The molecule has 1 heterocycles. The highest BCUT2D eigenvalue weighted by molar-refractivity contribution is 7.99. The van der Waals surface area contributed by atoms with Gasteiger partial charge < -0.3 is 5.32 Å². The summed E-state index contributed by atoms with van der Waals surface area (Å²) < 4.78 is 13.1. The summed E-state index contributed by atoms with van der Waals surface area (Å²) in [5.41, 5.74) is 0.385. The molecule has 0 spiro atoms. The van der Waals surface area contributed by atoms with Gasteiger partial charge in [-0.3, -0.25) is 10.1 Å². The molecule has 1 saturated heterocycles. The summed E-state index contributed by atoms with van der Waals surface area (Å²) in [5.74, 6) is 2.52. The molecule has 1 aliphatic rings. The van der Waals surface area contributed by atoms with E-state index >= 15 is 0 Å². The van der Waals surface area contributed by atoms with Crippen molar-refractivity contribution in [3.05, 3.63) is 39.7 Å². The van der Waals surface area contributed by atoms with Gasteiger partial charge in [0.15, 0.2) is 0 Å². The van der Waals surface area contributed by atoms with Crippen molar-refractivity contribution in [3.63, 3.8) is 0 Å². The van der Waals surface area contributed by atoms with Gasteiger partial charge in [0.2, 0.25) is 0 Å². The van der Waals surface area contributed by atoms with Gasteiger partial charge in [0, 0.05) is 18.2 Å². The number of thioether (sulfide) groups is 1. The number of rotatable bonds is 5. The molecule has 1 N–H and O–H groups in total. The van der Waals surface area contributed by atoms with Crippen molar-refractivity contribution in [1.82, 2.24) is 5.32 Å². The fourth-order valence-corrected chi connectivity index (χ4v) is 3.31. The minimum atomic E-state index is -0.470. The molecular formula is C12H15FN2O2S. The number of nitrogens with zero attached hydrogens (tertiary/aromatic N) is 1. The van der Waals surface area contributed by atoms with Gasteiger partial charge in [-0.05, 0) is 42.5 Å². The lowest BCUT2D eigenvalue weighted by Crippen LogP contribution is -2.22. The number of benzene rings is 1. The second-order valence-corrected chi connectivity index (χ2v) is 5.54. The topological polar surface area (TPSA) is 55.2 Å². The summed E-state index contributed by atoms with van der Waals surface area (Å²) in [6.45, 7) is 1.18. The van der Waals surface area contributed by atoms with Crippen molar-refractivity contribution in [1.29, 1.82) is 0 Å². The second-order valence-electron chi connectivity index (χ2n) is 4.39. The molecule has 0 aliphatic carbocycles. The summed E-state index contributed by atoms with van der Waals surface area (Å²) >= 11 is 1.93. The summed E-state index contributed by atoms with van der Waals surface area (Å²) in [7, 11) is 0. The van der Waals surface area contributed by atoms with Crippen molar-refractivity contribution in [3.8, 4) is 0 Å². The van der Waals surface area contributed by atoms with Crippen LogP contribution in [0.15, 0.2) is 18.2 Å². The highest BCUT2D eigenvalue weighted by Crippen LogP contribution is 2.23. The monoisotopic (exact) mass is 270 g/mol. The molecule has 98 valence electrons. The summed E-state index contributed by atoms with van der Waals surface area (Å²) in [4.78, 5) is 10.3. The first kappa shape index (κ1) is 13.3.